The fraction of sp³-hybridized carbons (Fsp3) is 0.538. The fourth-order valence-corrected chi connectivity index (χ4v) is 2.50. The Bertz CT molecular complexity index is 414. The van der Waals surface area contributed by atoms with Crippen molar-refractivity contribution >= 4 is 0 Å². The topological polar surface area (TPSA) is 35.2 Å². The average Bonchev–Trinajstić information content (AvgIpc) is 2.97. The predicted octanol–water partition coefficient (Wildman–Crippen LogP) is 2.57. The molecule has 0 spiro atoms. The molecule has 0 aromatic heterocycles. The van der Waals surface area contributed by atoms with Gasteiger partial charge in [0.05, 0.1) is 6.61 Å². The molecule has 1 atom stereocenters. The molecule has 2 nitrogen and oxygen atoms in total. The summed E-state index contributed by atoms with van der Waals surface area (Å²) in [7, 11) is 0. The van der Waals surface area contributed by atoms with Crippen LogP contribution in [0, 0.1) is 5.82 Å². The van der Waals surface area contributed by atoms with E-state index in [1.165, 1.54) is 6.07 Å². The second-order valence-corrected chi connectivity index (χ2v) is 5.08. The van der Waals surface area contributed by atoms with Crippen molar-refractivity contribution < 1.29 is 9.13 Å². The van der Waals surface area contributed by atoms with Crippen LogP contribution >= 0.6 is 0 Å². The van der Waals surface area contributed by atoms with E-state index in [2.05, 4.69) is 0 Å². The van der Waals surface area contributed by atoms with Crippen LogP contribution < -0.4 is 10.5 Å². The molecule has 1 unspecified atom stereocenters. The Morgan fingerprint density at radius 2 is 2.25 bits per heavy atom. The van der Waals surface area contributed by atoms with Gasteiger partial charge >= 0.3 is 0 Å². The van der Waals surface area contributed by atoms with Crippen LogP contribution in [0.15, 0.2) is 18.2 Å². The maximum Gasteiger partial charge on any atom is 0.123 e. The second-order valence-electron chi connectivity index (χ2n) is 5.08. The maximum absolute atomic E-state index is 13.2. The summed E-state index contributed by atoms with van der Waals surface area (Å²) in [5.74, 6) is 1.02. The zero-order chi connectivity index (χ0) is 11.2. The van der Waals surface area contributed by atoms with Crippen molar-refractivity contribution in [3.63, 3.8) is 0 Å². The predicted molar refractivity (Wildman–Crippen MR) is 60.0 cm³/mol. The molecule has 2 aliphatic rings. The van der Waals surface area contributed by atoms with Crippen LogP contribution in [0.25, 0.3) is 0 Å². The van der Waals surface area contributed by atoms with E-state index in [4.69, 9.17) is 10.5 Å². The Morgan fingerprint density at radius 1 is 1.44 bits per heavy atom. The highest BCUT2D eigenvalue weighted by molar-refractivity contribution is 5.38. The Balaban J connectivity index is 1.89. The van der Waals surface area contributed by atoms with Gasteiger partial charge in [0.1, 0.15) is 11.6 Å². The molecule has 86 valence electrons. The van der Waals surface area contributed by atoms with E-state index in [1.54, 1.807) is 12.1 Å². The minimum atomic E-state index is -0.184. The van der Waals surface area contributed by atoms with Crippen molar-refractivity contribution in [1.29, 1.82) is 0 Å². The highest BCUT2D eigenvalue weighted by atomic mass is 19.1. The van der Waals surface area contributed by atoms with Crippen LogP contribution in [0.3, 0.4) is 0 Å². The quantitative estimate of drug-likeness (QED) is 0.833. The molecule has 1 aliphatic heterocycles. The summed E-state index contributed by atoms with van der Waals surface area (Å²) < 4.78 is 18.8. The SMILES string of the molecule is NC1(CC2CCOc3ccc(F)cc32)CC1. The summed E-state index contributed by atoms with van der Waals surface area (Å²) in [6, 6.07) is 4.79. The van der Waals surface area contributed by atoms with Crippen molar-refractivity contribution in [2.75, 3.05) is 6.61 Å². The monoisotopic (exact) mass is 221 g/mol. The van der Waals surface area contributed by atoms with Gasteiger partial charge in [-0.05, 0) is 49.8 Å². The highest BCUT2D eigenvalue weighted by Crippen LogP contribution is 2.45. The first-order valence-corrected chi connectivity index (χ1v) is 5.87. The zero-order valence-electron chi connectivity index (χ0n) is 9.21. The lowest BCUT2D eigenvalue weighted by Crippen LogP contribution is -2.27. The number of nitrogens with two attached hydrogens (primary N) is 1. The van der Waals surface area contributed by atoms with E-state index >= 15 is 0 Å². The molecule has 1 aromatic rings. The van der Waals surface area contributed by atoms with Crippen molar-refractivity contribution in [2.24, 2.45) is 5.73 Å². The van der Waals surface area contributed by atoms with Gasteiger partial charge in [0, 0.05) is 11.1 Å². The van der Waals surface area contributed by atoms with Crippen molar-refractivity contribution in [1.82, 2.24) is 0 Å². The molecule has 1 saturated carbocycles. The molecule has 0 amide bonds. The van der Waals surface area contributed by atoms with Crippen LogP contribution in [0.4, 0.5) is 4.39 Å². The second kappa shape index (κ2) is 3.45. The van der Waals surface area contributed by atoms with Gasteiger partial charge in [0.2, 0.25) is 0 Å². The van der Waals surface area contributed by atoms with Gasteiger partial charge in [-0.2, -0.15) is 0 Å². The summed E-state index contributed by atoms with van der Waals surface area (Å²) in [6.45, 7) is 0.722. The summed E-state index contributed by atoms with van der Waals surface area (Å²) in [5.41, 5.74) is 7.16. The van der Waals surface area contributed by atoms with E-state index in [-0.39, 0.29) is 11.4 Å². The van der Waals surface area contributed by atoms with E-state index in [1.807, 2.05) is 0 Å². The largest absolute Gasteiger partial charge is 0.493 e. The van der Waals surface area contributed by atoms with Gasteiger partial charge in [-0.25, -0.2) is 4.39 Å². The normalized spacial score (nSPS) is 25.8. The smallest absolute Gasteiger partial charge is 0.123 e. The number of halogens is 1. The molecule has 1 heterocycles. The van der Waals surface area contributed by atoms with Crippen LogP contribution in [0.5, 0.6) is 5.75 Å². The summed E-state index contributed by atoms with van der Waals surface area (Å²) >= 11 is 0. The van der Waals surface area contributed by atoms with E-state index in [9.17, 15) is 4.39 Å². The van der Waals surface area contributed by atoms with Crippen molar-refractivity contribution in [3.8, 4) is 5.75 Å². The molecule has 0 radical (unpaired) electrons. The molecule has 1 fully saturated rings. The third-order valence-corrected chi connectivity index (χ3v) is 3.68. The van der Waals surface area contributed by atoms with Gasteiger partial charge in [-0.3, -0.25) is 0 Å². The molecule has 16 heavy (non-hydrogen) atoms. The lowest BCUT2D eigenvalue weighted by Gasteiger charge is -2.27. The molecular weight excluding hydrogens is 205 g/mol. The average molecular weight is 221 g/mol. The van der Waals surface area contributed by atoms with Crippen LogP contribution in [-0.4, -0.2) is 12.1 Å². The van der Waals surface area contributed by atoms with Gasteiger partial charge < -0.3 is 10.5 Å². The molecule has 0 bridgehead atoms. The third kappa shape index (κ3) is 1.80. The molecule has 0 saturated heterocycles. The lowest BCUT2D eigenvalue weighted by atomic mass is 9.86. The first-order valence-electron chi connectivity index (χ1n) is 5.87. The van der Waals surface area contributed by atoms with Crippen molar-refractivity contribution in [3.05, 3.63) is 29.6 Å². The maximum atomic E-state index is 13.2. The number of hydrogen-bond acceptors (Lipinski definition) is 2. The third-order valence-electron chi connectivity index (χ3n) is 3.68. The first-order chi connectivity index (χ1) is 7.66. The van der Waals surface area contributed by atoms with Gasteiger partial charge in [-0.15, -0.1) is 0 Å². The fourth-order valence-electron chi connectivity index (χ4n) is 2.50. The van der Waals surface area contributed by atoms with Gasteiger partial charge in [-0.1, -0.05) is 0 Å². The van der Waals surface area contributed by atoms with E-state index in [0.29, 0.717) is 5.92 Å². The Hall–Kier alpha value is -1.09. The molecule has 1 aliphatic carbocycles. The van der Waals surface area contributed by atoms with Crippen LogP contribution in [-0.2, 0) is 0 Å². The van der Waals surface area contributed by atoms with Crippen molar-refractivity contribution in [2.45, 2.75) is 37.1 Å². The lowest BCUT2D eigenvalue weighted by molar-refractivity contribution is 0.256. The number of fused-ring (bicyclic) bond motifs is 1. The van der Waals surface area contributed by atoms with E-state index < -0.39 is 0 Å². The van der Waals surface area contributed by atoms with Crippen LogP contribution in [0.2, 0.25) is 0 Å². The molecule has 2 N–H and O–H groups in total. The van der Waals surface area contributed by atoms with E-state index in [0.717, 1.165) is 43.6 Å². The summed E-state index contributed by atoms with van der Waals surface area (Å²) in [4.78, 5) is 0. The number of ether oxygens (including phenoxy) is 1. The minimum absolute atomic E-state index is 0.0194. The van der Waals surface area contributed by atoms with Gasteiger partial charge in [0.15, 0.2) is 0 Å². The standard InChI is InChI=1S/C13H16FNO/c14-10-1-2-12-11(7-10)9(3-6-16-12)8-13(15)4-5-13/h1-2,7,9H,3-6,8,15H2. The number of benzene rings is 1. The summed E-state index contributed by atoms with van der Waals surface area (Å²) in [6.07, 6.45) is 4.13. The minimum Gasteiger partial charge on any atom is -0.493 e. The van der Waals surface area contributed by atoms with Crippen LogP contribution in [0.1, 0.15) is 37.2 Å². The Kier molecular flexibility index (Phi) is 2.18. The highest BCUT2D eigenvalue weighted by Gasteiger charge is 2.41. The Morgan fingerprint density at radius 3 is 3.00 bits per heavy atom. The number of hydrogen-bond donors (Lipinski definition) is 1. The van der Waals surface area contributed by atoms with Gasteiger partial charge in [0.25, 0.3) is 0 Å². The molecule has 1 aromatic carbocycles. The molecule has 3 rings (SSSR count). The molecular formula is C13H16FNO. The zero-order valence-corrected chi connectivity index (χ0v) is 9.21. The Labute approximate surface area is 94.6 Å². The molecule has 3 heteroatoms. The first kappa shape index (κ1) is 10.1. The summed E-state index contributed by atoms with van der Waals surface area (Å²) in [5, 5.41) is 0. The number of rotatable bonds is 2.